The summed E-state index contributed by atoms with van der Waals surface area (Å²) in [5.41, 5.74) is 1.44. The number of nitro groups is 1. The Morgan fingerprint density at radius 2 is 2.10 bits per heavy atom. The molecule has 0 saturated heterocycles. The summed E-state index contributed by atoms with van der Waals surface area (Å²) < 4.78 is 0. The van der Waals surface area contributed by atoms with Crippen LogP contribution in [-0.2, 0) is 0 Å². The van der Waals surface area contributed by atoms with Gasteiger partial charge in [0.05, 0.1) is 16.2 Å². The van der Waals surface area contributed by atoms with Gasteiger partial charge >= 0.3 is 5.69 Å². The number of nitrogens with one attached hydrogen (secondary N) is 1. The fraction of sp³-hybridized carbons (Fsp3) is 0.154. The minimum Gasteiger partial charge on any atom is -0.333 e. The molecule has 0 aliphatic heterocycles. The van der Waals surface area contributed by atoms with Crippen molar-refractivity contribution < 1.29 is 4.92 Å². The van der Waals surface area contributed by atoms with Crippen LogP contribution in [0.4, 0.5) is 17.2 Å². The number of nitriles is 1. The van der Waals surface area contributed by atoms with E-state index in [4.69, 9.17) is 11.6 Å². The highest BCUT2D eigenvalue weighted by Crippen LogP contribution is 2.30. The van der Waals surface area contributed by atoms with Crippen molar-refractivity contribution >= 4 is 28.8 Å². The molecular weight excluding hydrogens is 294 g/mol. The molecule has 1 aromatic heterocycles. The molecule has 106 valence electrons. The molecule has 1 N–H and O–H groups in total. The molecule has 8 heteroatoms. The van der Waals surface area contributed by atoms with Crippen molar-refractivity contribution in [3.63, 3.8) is 0 Å². The summed E-state index contributed by atoms with van der Waals surface area (Å²) in [5, 5.41) is 23.0. The maximum Gasteiger partial charge on any atom is 0.332 e. The fourth-order valence-electron chi connectivity index (χ4n) is 1.89. The molecular formula is C13H10ClN5O2. The van der Waals surface area contributed by atoms with E-state index in [2.05, 4.69) is 21.4 Å². The van der Waals surface area contributed by atoms with Gasteiger partial charge in [-0.15, -0.1) is 0 Å². The third kappa shape index (κ3) is 2.90. The van der Waals surface area contributed by atoms with Gasteiger partial charge in [-0.25, -0.2) is 4.98 Å². The molecule has 21 heavy (non-hydrogen) atoms. The lowest BCUT2D eigenvalue weighted by atomic mass is 10.1. The Morgan fingerprint density at radius 1 is 1.38 bits per heavy atom. The van der Waals surface area contributed by atoms with Crippen molar-refractivity contribution in [3.05, 3.63) is 50.4 Å². The number of rotatable bonds is 3. The third-order valence-electron chi connectivity index (χ3n) is 2.85. The molecule has 0 spiro atoms. The molecule has 2 rings (SSSR count). The number of anilines is 2. The number of nitrogens with zero attached hydrogens (tertiary/aromatic N) is 4. The lowest BCUT2D eigenvalue weighted by Crippen LogP contribution is -2.05. The normalized spacial score (nSPS) is 10.0. The van der Waals surface area contributed by atoms with Gasteiger partial charge in [0.1, 0.15) is 11.8 Å². The van der Waals surface area contributed by atoms with Crippen LogP contribution in [0.25, 0.3) is 0 Å². The van der Waals surface area contributed by atoms with Gasteiger partial charge in [-0.1, -0.05) is 12.1 Å². The first kappa shape index (κ1) is 14.7. The first-order valence-corrected chi connectivity index (χ1v) is 6.27. The molecule has 1 heterocycles. The van der Waals surface area contributed by atoms with Crippen LogP contribution >= 0.6 is 11.6 Å². The van der Waals surface area contributed by atoms with Crippen LogP contribution in [-0.4, -0.2) is 14.9 Å². The second kappa shape index (κ2) is 5.73. The number of aromatic nitrogens is 2. The van der Waals surface area contributed by atoms with Crippen LogP contribution in [0, 0.1) is 35.3 Å². The van der Waals surface area contributed by atoms with Gasteiger partial charge in [0.2, 0.25) is 11.1 Å². The Labute approximate surface area is 125 Å². The third-order valence-corrected chi connectivity index (χ3v) is 3.02. The second-order valence-electron chi connectivity index (χ2n) is 4.27. The Balaban J connectivity index is 2.58. The summed E-state index contributed by atoms with van der Waals surface area (Å²) in [4.78, 5) is 18.2. The minimum atomic E-state index is -0.587. The molecule has 1 aromatic carbocycles. The first-order chi connectivity index (χ1) is 9.93. The van der Waals surface area contributed by atoms with Crippen LogP contribution in [0.1, 0.15) is 16.8 Å². The molecule has 7 nitrogen and oxygen atoms in total. The van der Waals surface area contributed by atoms with E-state index in [0.29, 0.717) is 11.3 Å². The maximum absolute atomic E-state index is 11.1. The van der Waals surface area contributed by atoms with Crippen LogP contribution in [0.15, 0.2) is 18.2 Å². The van der Waals surface area contributed by atoms with E-state index in [1.807, 2.05) is 0 Å². The monoisotopic (exact) mass is 303 g/mol. The number of hydrogen-bond acceptors (Lipinski definition) is 6. The van der Waals surface area contributed by atoms with Gasteiger partial charge in [0.15, 0.2) is 0 Å². The molecule has 0 bridgehead atoms. The van der Waals surface area contributed by atoms with Crippen molar-refractivity contribution in [1.82, 2.24) is 9.97 Å². The van der Waals surface area contributed by atoms with Crippen molar-refractivity contribution in [3.8, 4) is 6.07 Å². The van der Waals surface area contributed by atoms with Crippen LogP contribution in [0.2, 0.25) is 5.28 Å². The molecule has 2 aromatic rings. The van der Waals surface area contributed by atoms with Crippen molar-refractivity contribution in [2.45, 2.75) is 13.8 Å². The predicted octanol–water partition coefficient (Wildman–Crippen LogP) is 3.27. The van der Waals surface area contributed by atoms with Crippen LogP contribution in [0.5, 0.6) is 0 Å². The lowest BCUT2D eigenvalue weighted by molar-refractivity contribution is -0.385. The molecule has 0 atom stereocenters. The van der Waals surface area contributed by atoms with E-state index in [1.54, 1.807) is 25.1 Å². The summed E-state index contributed by atoms with van der Waals surface area (Å²) in [6, 6.07) is 7.20. The minimum absolute atomic E-state index is 0.0420. The van der Waals surface area contributed by atoms with E-state index < -0.39 is 4.92 Å². The number of aryl methyl sites for hydroxylation is 2. The lowest BCUT2D eigenvalue weighted by Gasteiger charge is -2.10. The summed E-state index contributed by atoms with van der Waals surface area (Å²) >= 11 is 5.75. The average molecular weight is 304 g/mol. The van der Waals surface area contributed by atoms with Crippen molar-refractivity contribution in [2.24, 2.45) is 0 Å². The first-order valence-electron chi connectivity index (χ1n) is 5.89. The molecule has 0 fully saturated rings. The summed E-state index contributed by atoms with van der Waals surface area (Å²) in [6.45, 7) is 3.24. The van der Waals surface area contributed by atoms with Gasteiger partial charge in [-0.05, 0) is 37.1 Å². The van der Waals surface area contributed by atoms with Crippen molar-refractivity contribution in [2.75, 3.05) is 5.32 Å². The zero-order chi connectivity index (χ0) is 15.6. The molecule has 0 saturated carbocycles. The van der Waals surface area contributed by atoms with Crippen molar-refractivity contribution in [1.29, 1.82) is 5.26 Å². The molecule has 0 aliphatic rings. The molecule has 0 unspecified atom stereocenters. The van der Waals surface area contributed by atoms with Crippen LogP contribution in [0.3, 0.4) is 0 Å². The SMILES string of the molecule is Cc1cccc(Nc2nc(Cl)nc(C)c2[N+](=O)[O-])c1C#N. The van der Waals surface area contributed by atoms with E-state index in [-0.39, 0.29) is 22.5 Å². The molecule has 0 amide bonds. The van der Waals surface area contributed by atoms with Gasteiger partial charge in [0.25, 0.3) is 0 Å². The van der Waals surface area contributed by atoms with E-state index in [9.17, 15) is 15.4 Å². The van der Waals surface area contributed by atoms with Gasteiger partial charge in [-0.3, -0.25) is 10.1 Å². The van der Waals surface area contributed by atoms with Gasteiger partial charge < -0.3 is 5.32 Å². The van der Waals surface area contributed by atoms with Gasteiger partial charge in [-0.2, -0.15) is 10.2 Å². The number of benzene rings is 1. The topological polar surface area (TPSA) is 105 Å². The fourth-order valence-corrected chi connectivity index (χ4v) is 2.10. The average Bonchev–Trinajstić information content (AvgIpc) is 2.37. The Morgan fingerprint density at radius 3 is 2.71 bits per heavy atom. The molecule has 0 aliphatic carbocycles. The second-order valence-corrected chi connectivity index (χ2v) is 4.60. The summed E-state index contributed by atoms with van der Waals surface area (Å²) in [6.07, 6.45) is 0. The summed E-state index contributed by atoms with van der Waals surface area (Å²) in [7, 11) is 0. The Kier molecular flexibility index (Phi) is 4.00. The highest BCUT2D eigenvalue weighted by molar-refractivity contribution is 6.28. The zero-order valence-electron chi connectivity index (χ0n) is 11.2. The standard InChI is InChI=1S/C13H10ClN5O2/c1-7-4-3-5-10(9(7)6-15)17-12-11(19(20)21)8(2)16-13(14)18-12/h3-5H,1-2H3,(H,16,17,18). The Hall–Kier alpha value is -2.72. The van der Waals surface area contributed by atoms with E-state index >= 15 is 0 Å². The smallest absolute Gasteiger partial charge is 0.332 e. The Bertz CT molecular complexity index is 770. The van der Waals surface area contributed by atoms with E-state index in [1.165, 1.54) is 6.92 Å². The highest BCUT2D eigenvalue weighted by atomic mass is 35.5. The highest BCUT2D eigenvalue weighted by Gasteiger charge is 2.22. The number of halogens is 1. The predicted molar refractivity (Wildman–Crippen MR) is 77.6 cm³/mol. The number of hydrogen-bond donors (Lipinski definition) is 1. The van der Waals surface area contributed by atoms with E-state index in [0.717, 1.165) is 5.56 Å². The molecule has 0 radical (unpaired) electrons. The quantitative estimate of drug-likeness (QED) is 0.530. The maximum atomic E-state index is 11.1. The largest absolute Gasteiger partial charge is 0.333 e. The summed E-state index contributed by atoms with van der Waals surface area (Å²) in [5.74, 6) is -0.0420. The van der Waals surface area contributed by atoms with Gasteiger partial charge in [0, 0.05) is 0 Å². The zero-order valence-corrected chi connectivity index (χ0v) is 12.0. The van der Waals surface area contributed by atoms with Crippen LogP contribution < -0.4 is 5.32 Å².